The van der Waals surface area contributed by atoms with Crippen LogP contribution in [0.4, 0.5) is 26.1 Å². The van der Waals surface area contributed by atoms with E-state index in [9.17, 15) is 26.1 Å². The van der Waals surface area contributed by atoms with Crippen LogP contribution in [0.5, 0.6) is 0 Å². The van der Waals surface area contributed by atoms with E-state index >= 15 is 0 Å². The number of hydrogen-bond acceptors (Lipinski definition) is 1. The molecule has 0 fully saturated rings. The fourth-order valence-corrected chi connectivity index (χ4v) is 0.421. The smallest absolute Gasteiger partial charge is 0.445 e. The van der Waals surface area contributed by atoms with Gasteiger partial charge in [-0.05, 0) is 6.92 Å². The third kappa shape index (κ3) is 7.81. The second-order valence-electron chi connectivity index (χ2n) is 2.73. The molecule has 0 heterocycles. The summed E-state index contributed by atoms with van der Waals surface area (Å²) in [7, 11) is 0. The van der Waals surface area contributed by atoms with Gasteiger partial charge in [0.25, 0.3) is 0 Å². The summed E-state index contributed by atoms with van der Waals surface area (Å²) in [5, 5.41) is 0. The molecule has 9 heteroatoms. The molecule has 1 nitrogen and oxygen atoms in total. The first kappa shape index (κ1) is 18.3. The maximum Gasteiger partial charge on any atom is 1.00 e. The molecule has 0 N–H and O–H groups in total. The summed E-state index contributed by atoms with van der Waals surface area (Å²) >= 11 is 0. The van der Waals surface area contributed by atoms with Crippen LogP contribution < -0.4 is 51.4 Å². The van der Waals surface area contributed by atoms with Gasteiger partial charge in [0.1, 0.15) is 0 Å². The first-order valence-corrected chi connectivity index (χ1v) is 3.61. The van der Waals surface area contributed by atoms with Crippen molar-refractivity contribution in [2.24, 2.45) is 0 Å². The molecule has 0 aromatic rings. The van der Waals surface area contributed by atoms with Crippen LogP contribution in [0.2, 0.25) is 0 Å². The first-order chi connectivity index (χ1) is 6.05. The number of halogens is 6. The van der Waals surface area contributed by atoms with E-state index in [1.807, 2.05) is 0 Å². The van der Waals surface area contributed by atoms with Crippen molar-refractivity contribution in [1.82, 2.24) is 0 Å². The Morgan fingerprint density at radius 1 is 1.33 bits per heavy atom. The Kier molecular flexibility index (Phi) is 8.14. The van der Waals surface area contributed by atoms with Crippen molar-refractivity contribution in [2.75, 3.05) is 6.61 Å². The Balaban J connectivity index is 0. The molecule has 84 valence electrons. The van der Waals surface area contributed by atoms with Crippen molar-refractivity contribution >= 4 is 6.98 Å². The van der Waals surface area contributed by atoms with Gasteiger partial charge in [-0.1, -0.05) is 0 Å². The third-order valence-corrected chi connectivity index (χ3v) is 1.44. The van der Waals surface area contributed by atoms with Gasteiger partial charge in [0.05, 0.1) is 0 Å². The Hall–Kier alpha value is 0.981. The largest absolute Gasteiger partial charge is 1.00 e. The van der Waals surface area contributed by atoms with Crippen molar-refractivity contribution in [2.45, 2.75) is 19.2 Å². The molecule has 0 spiro atoms. The summed E-state index contributed by atoms with van der Waals surface area (Å²) < 4.78 is 74.7. The molecular weight excluding hydrogens is 252 g/mol. The average Bonchev–Trinajstić information content (AvgIpc) is 1.95. The van der Waals surface area contributed by atoms with Crippen molar-refractivity contribution in [1.29, 1.82) is 0 Å². The minimum Gasteiger partial charge on any atom is -0.445 e. The SMILES string of the molecule is C=C(COC(C)C(F)(F)F)[B-](F)(F)F.[K+]. The van der Waals surface area contributed by atoms with Crippen LogP contribution >= 0.6 is 0 Å². The van der Waals surface area contributed by atoms with Crippen LogP contribution in [0.1, 0.15) is 6.92 Å². The Bertz CT molecular complexity index is 213. The maximum atomic E-state index is 11.8. The predicted octanol–water partition coefficient (Wildman–Crippen LogP) is -0.0994. The van der Waals surface area contributed by atoms with Gasteiger partial charge < -0.3 is 17.7 Å². The summed E-state index contributed by atoms with van der Waals surface area (Å²) in [6.45, 7) is -3.25. The Morgan fingerprint density at radius 3 is 2.00 bits per heavy atom. The molecular formula is C6H8BF6KO. The van der Waals surface area contributed by atoms with Crippen LogP contribution in [0, 0.1) is 0 Å². The standard InChI is InChI=1S/C6H8BF6O.K/c1-4(7(11,12)13)3-14-5(2)6(8,9)10;/h5H,1,3H2,2H3;/q-1;+1. The zero-order valence-electron chi connectivity index (χ0n) is 8.24. The molecule has 0 saturated carbocycles. The van der Waals surface area contributed by atoms with Crippen LogP contribution in [0.25, 0.3) is 0 Å². The van der Waals surface area contributed by atoms with E-state index < -0.39 is 31.3 Å². The van der Waals surface area contributed by atoms with E-state index in [2.05, 4.69) is 11.3 Å². The molecule has 0 amide bonds. The van der Waals surface area contributed by atoms with Crippen LogP contribution in [-0.2, 0) is 4.74 Å². The fourth-order valence-electron chi connectivity index (χ4n) is 0.421. The van der Waals surface area contributed by atoms with Crippen molar-refractivity contribution < 1.29 is 82.2 Å². The quantitative estimate of drug-likeness (QED) is 0.506. The topological polar surface area (TPSA) is 9.23 Å². The van der Waals surface area contributed by atoms with E-state index in [1.54, 1.807) is 0 Å². The fraction of sp³-hybridized carbons (Fsp3) is 0.667. The van der Waals surface area contributed by atoms with E-state index in [1.165, 1.54) is 0 Å². The number of hydrogen-bond donors (Lipinski definition) is 0. The van der Waals surface area contributed by atoms with E-state index in [0.29, 0.717) is 6.92 Å². The second-order valence-corrected chi connectivity index (χ2v) is 2.73. The minimum absolute atomic E-state index is 0. The summed E-state index contributed by atoms with van der Waals surface area (Å²) in [6.07, 6.45) is -6.88. The van der Waals surface area contributed by atoms with Gasteiger partial charge in [0.2, 0.25) is 0 Å². The van der Waals surface area contributed by atoms with Crippen molar-refractivity contribution in [3.63, 3.8) is 0 Å². The van der Waals surface area contributed by atoms with E-state index in [4.69, 9.17) is 0 Å². The molecule has 0 radical (unpaired) electrons. The first-order valence-electron chi connectivity index (χ1n) is 3.61. The molecule has 0 aliphatic rings. The average molecular weight is 260 g/mol. The monoisotopic (exact) mass is 260 g/mol. The van der Waals surface area contributed by atoms with Gasteiger partial charge >= 0.3 is 64.5 Å². The molecule has 15 heavy (non-hydrogen) atoms. The molecule has 1 unspecified atom stereocenters. The minimum atomic E-state index is -5.33. The zero-order chi connectivity index (χ0) is 11.6. The Morgan fingerprint density at radius 2 is 1.73 bits per heavy atom. The predicted molar refractivity (Wildman–Crippen MR) is 39.7 cm³/mol. The third-order valence-electron chi connectivity index (χ3n) is 1.44. The number of ether oxygens (including phenoxy) is 1. The normalized spacial score (nSPS) is 14.3. The number of alkyl halides is 3. The van der Waals surface area contributed by atoms with Gasteiger partial charge in [-0.3, -0.25) is 0 Å². The van der Waals surface area contributed by atoms with Gasteiger partial charge in [0.15, 0.2) is 6.10 Å². The molecule has 0 aliphatic carbocycles. The number of rotatable bonds is 4. The maximum absolute atomic E-state index is 11.8. The molecule has 0 rings (SSSR count). The van der Waals surface area contributed by atoms with Gasteiger partial charge in [-0.25, -0.2) is 0 Å². The molecule has 0 aromatic carbocycles. The van der Waals surface area contributed by atoms with Crippen LogP contribution in [-0.4, -0.2) is 25.9 Å². The molecule has 0 aliphatic heterocycles. The molecule has 0 bridgehead atoms. The summed E-state index contributed by atoms with van der Waals surface area (Å²) in [5.74, 6) is 0. The molecule has 1 atom stereocenters. The van der Waals surface area contributed by atoms with Crippen molar-refractivity contribution in [3.8, 4) is 0 Å². The van der Waals surface area contributed by atoms with Gasteiger partial charge in [-0.15, -0.1) is 12.1 Å². The van der Waals surface area contributed by atoms with Crippen LogP contribution in [0.3, 0.4) is 0 Å². The second kappa shape index (κ2) is 6.65. The molecule has 0 aromatic heterocycles. The summed E-state index contributed by atoms with van der Waals surface area (Å²) in [5.41, 5.74) is -1.28. The van der Waals surface area contributed by atoms with E-state index in [0.717, 1.165) is 0 Å². The Labute approximate surface area is 126 Å². The van der Waals surface area contributed by atoms with E-state index in [-0.39, 0.29) is 51.4 Å². The summed E-state index contributed by atoms with van der Waals surface area (Å²) in [6, 6.07) is 0. The van der Waals surface area contributed by atoms with Gasteiger partial charge in [0, 0.05) is 6.61 Å². The van der Waals surface area contributed by atoms with Crippen molar-refractivity contribution in [3.05, 3.63) is 12.1 Å². The summed E-state index contributed by atoms with van der Waals surface area (Å²) in [4.78, 5) is 0. The van der Waals surface area contributed by atoms with Crippen LogP contribution in [0.15, 0.2) is 12.1 Å². The molecule has 0 saturated heterocycles. The zero-order valence-corrected chi connectivity index (χ0v) is 11.4. The van der Waals surface area contributed by atoms with Gasteiger partial charge in [-0.2, -0.15) is 13.2 Å².